The van der Waals surface area contributed by atoms with Crippen molar-refractivity contribution in [1.82, 2.24) is 14.4 Å². The molecule has 3 fully saturated rings. The molecule has 0 radical (unpaired) electrons. The highest BCUT2D eigenvalue weighted by atomic mass is 19.1. The van der Waals surface area contributed by atoms with Crippen LogP contribution in [0.5, 0.6) is 0 Å². The zero-order valence-corrected chi connectivity index (χ0v) is 23.1. The van der Waals surface area contributed by atoms with Gasteiger partial charge in [0.15, 0.2) is 0 Å². The van der Waals surface area contributed by atoms with Gasteiger partial charge in [-0.2, -0.15) is 0 Å². The number of halogens is 1. The molecule has 0 unspecified atom stereocenters. The predicted octanol–water partition coefficient (Wildman–Crippen LogP) is 5.82. The standard InChI is InChI=1S/C33H39FN4O2/c34-28-10-6-9-26(19-28)30-21-29(35)13-18-38(30)32(40)37-17-12-27(33(23-37)14-4-5-15-33)22-36-16-11-25(20-31(36)39)24-7-2-1-3-8-24/h1-3,6-11,16,19-20,27,29-30H,4-5,12-15,17-18,21-23,35H2/t27-,29+,30-/m0/s1. The van der Waals surface area contributed by atoms with Crippen molar-refractivity contribution in [2.45, 2.75) is 63.6 Å². The van der Waals surface area contributed by atoms with Gasteiger partial charge in [-0.05, 0) is 78.3 Å². The van der Waals surface area contributed by atoms with Crippen LogP contribution < -0.4 is 11.3 Å². The Kier molecular flexibility index (Phi) is 7.49. The van der Waals surface area contributed by atoms with Crippen LogP contribution >= 0.6 is 0 Å². The summed E-state index contributed by atoms with van der Waals surface area (Å²) < 4.78 is 16.0. The zero-order valence-electron chi connectivity index (χ0n) is 23.1. The molecule has 2 aromatic carbocycles. The number of urea groups is 1. The van der Waals surface area contributed by atoms with Crippen LogP contribution in [0.1, 0.15) is 56.6 Å². The number of nitrogens with two attached hydrogens (primary N) is 1. The first-order valence-electron chi connectivity index (χ1n) is 14.7. The Bertz CT molecular complexity index is 1400. The Hall–Kier alpha value is -3.45. The maximum Gasteiger partial charge on any atom is 0.320 e. The summed E-state index contributed by atoms with van der Waals surface area (Å²) in [4.78, 5) is 31.1. The molecule has 0 bridgehead atoms. The Labute approximate surface area is 235 Å². The highest BCUT2D eigenvalue weighted by molar-refractivity contribution is 5.75. The molecule has 1 saturated carbocycles. The molecule has 3 aliphatic rings. The molecular weight excluding hydrogens is 503 g/mol. The second-order valence-corrected chi connectivity index (χ2v) is 12.1. The Morgan fingerprint density at radius 1 is 0.950 bits per heavy atom. The van der Waals surface area contributed by atoms with Crippen molar-refractivity contribution >= 4 is 6.03 Å². The van der Waals surface area contributed by atoms with E-state index in [1.54, 1.807) is 12.1 Å². The van der Waals surface area contributed by atoms with E-state index in [4.69, 9.17) is 5.73 Å². The van der Waals surface area contributed by atoms with Crippen LogP contribution in [-0.4, -0.2) is 46.1 Å². The average Bonchev–Trinajstić information content (AvgIpc) is 3.44. The molecule has 3 heterocycles. The van der Waals surface area contributed by atoms with Gasteiger partial charge in [0.05, 0.1) is 6.04 Å². The number of piperidine rings is 2. The van der Waals surface area contributed by atoms with Gasteiger partial charge >= 0.3 is 6.03 Å². The van der Waals surface area contributed by atoms with Gasteiger partial charge in [0.1, 0.15) is 5.82 Å². The van der Waals surface area contributed by atoms with Crippen LogP contribution in [0.3, 0.4) is 0 Å². The number of hydrogen-bond donors (Lipinski definition) is 1. The van der Waals surface area contributed by atoms with E-state index in [1.165, 1.54) is 12.1 Å². The van der Waals surface area contributed by atoms with Gasteiger partial charge < -0.3 is 20.1 Å². The monoisotopic (exact) mass is 542 g/mol. The van der Waals surface area contributed by atoms with Crippen molar-refractivity contribution < 1.29 is 9.18 Å². The SMILES string of the molecule is N[C@@H]1CCN(C(=O)N2CC[C@@H](Cn3ccc(-c4ccccc4)cc3=O)C3(CCCC3)C2)[C@H](c2cccc(F)c2)C1. The van der Waals surface area contributed by atoms with Gasteiger partial charge in [-0.3, -0.25) is 4.79 Å². The summed E-state index contributed by atoms with van der Waals surface area (Å²) >= 11 is 0. The Balaban J connectivity index is 1.20. The van der Waals surface area contributed by atoms with Crippen LogP contribution in [0.4, 0.5) is 9.18 Å². The van der Waals surface area contributed by atoms with Gasteiger partial charge in [0, 0.05) is 44.5 Å². The minimum atomic E-state index is -0.290. The highest BCUT2D eigenvalue weighted by Crippen LogP contribution is 2.49. The molecule has 2 amide bonds. The normalized spacial score (nSPS) is 24.4. The molecular formula is C33H39FN4O2. The molecule has 3 aromatic rings. The number of rotatable bonds is 4. The van der Waals surface area contributed by atoms with E-state index in [0.29, 0.717) is 38.5 Å². The first-order valence-corrected chi connectivity index (χ1v) is 14.7. The molecule has 210 valence electrons. The summed E-state index contributed by atoms with van der Waals surface area (Å²) in [6.45, 7) is 2.64. The van der Waals surface area contributed by atoms with Crippen LogP contribution in [0, 0.1) is 17.2 Å². The molecule has 2 aliphatic heterocycles. The predicted molar refractivity (Wildman–Crippen MR) is 155 cm³/mol. The molecule has 3 atom stereocenters. The minimum absolute atomic E-state index is 0.00387. The summed E-state index contributed by atoms with van der Waals surface area (Å²) in [5, 5.41) is 0. The maximum atomic E-state index is 14.1. The number of likely N-dealkylation sites (tertiary alicyclic amines) is 2. The Morgan fingerprint density at radius 3 is 2.50 bits per heavy atom. The van der Waals surface area contributed by atoms with Gasteiger partial charge in [-0.15, -0.1) is 0 Å². The van der Waals surface area contributed by atoms with Crippen LogP contribution in [-0.2, 0) is 6.54 Å². The Morgan fingerprint density at radius 2 is 1.75 bits per heavy atom. The largest absolute Gasteiger partial charge is 0.328 e. The van der Waals surface area contributed by atoms with Crippen LogP contribution in [0.15, 0.2) is 77.7 Å². The number of pyridine rings is 1. The molecule has 2 saturated heterocycles. The van der Waals surface area contributed by atoms with Crippen molar-refractivity contribution in [2.75, 3.05) is 19.6 Å². The zero-order chi connectivity index (χ0) is 27.7. The third-order valence-electron chi connectivity index (χ3n) is 9.63. The molecule has 2 N–H and O–H groups in total. The summed E-state index contributed by atoms with van der Waals surface area (Å²) in [5.41, 5.74) is 9.14. The number of hydrogen-bond acceptors (Lipinski definition) is 3. The number of aromatic nitrogens is 1. The van der Waals surface area contributed by atoms with E-state index in [2.05, 4.69) is 0 Å². The number of amides is 2. The first kappa shape index (κ1) is 26.8. The van der Waals surface area contributed by atoms with Crippen molar-refractivity contribution in [3.8, 4) is 11.1 Å². The van der Waals surface area contributed by atoms with Crippen molar-refractivity contribution in [3.63, 3.8) is 0 Å². The smallest absolute Gasteiger partial charge is 0.320 e. The van der Waals surface area contributed by atoms with Crippen molar-refractivity contribution in [3.05, 3.63) is 94.7 Å². The van der Waals surface area contributed by atoms with Gasteiger partial charge in [-0.25, -0.2) is 9.18 Å². The minimum Gasteiger partial charge on any atom is -0.328 e. The van der Waals surface area contributed by atoms with E-state index in [9.17, 15) is 14.0 Å². The van der Waals surface area contributed by atoms with E-state index in [0.717, 1.165) is 55.2 Å². The molecule has 40 heavy (non-hydrogen) atoms. The topological polar surface area (TPSA) is 71.6 Å². The van der Waals surface area contributed by atoms with Crippen LogP contribution in [0.25, 0.3) is 11.1 Å². The fourth-order valence-corrected chi connectivity index (χ4v) is 7.44. The quantitative estimate of drug-likeness (QED) is 0.452. The summed E-state index contributed by atoms with van der Waals surface area (Å²) in [7, 11) is 0. The summed E-state index contributed by atoms with van der Waals surface area (Å²) in [6, 6.07) is 20.2. The lowest BCUT2D eigenvalue weighted by Gasteiger charge is -2.49. The van der Waals surface area contributed by atoms with Gasteiger partial charge in [0.2, 0.25) is 0 Å². The number of carbonyl (C=O) groups excluding carboxylic acids is 1. The van der Waals surface area contributed by atoms with E-state index >= 15 is 0 Å². The van der Waals surface area contributed by atoms with E-state index in [1.807, 2.05) is 63.0 Å². The average molecular weight is 543 g/mol. The van der Waals surface area contributed by atoms with Gasteiger partial charge in [-0.1, -0.05) is 55.3 Å². The van der Waals surface area contributed by atoms with Crippen molar-refractivity contribution in [2.24, 2.45) is 17.1 Å². The second-order valence-electron chi connectivity index (χ2n) is 12.1. The number of nitrogens with zero attached hydrogens (tertiary/aromatic N) is 3. The lowest BCUT2D eigenvalue weighted by Crippen LogP contribution is -2.56. The van der Waals surface area contributed by atoms with Gasteiger partial charge in [0.25, 0.3) is 5.56 Å². The lowest BCUT2D eigenvalue weighted by molar-refractivity contribution is 0.0215. The third kappa shape index (κ3) is 5.31. The van der Waals surface area contributed by atoms with E-state index in [-0.39, 0.29) is 34.9 Å². The fraction of sp³-hybridized carbons (Fsp3) is 0.455. The molecule has 6 rings (SSSR count). The van der Waals surface area contributed by atoms with Crippen LogP contribution in [0.2, 0.25) is 0 Å². The molecule has 1 aliphatic carbocycles. The number of carbonyl (C=O) groups is 1. The first-order chi connectivity index (χ1) is 19.4. The number of benzene rings is 2. The molecule has 1 aromatic heterocycles. The third-order valence-corrected chi connectivity index (χ3v) is 9.63. The fourth-order valence-electron chi connectivity index (χ4n) is 7.44. The maximum absolute atomic E-state index is 14.1. The van der Waals surface area contributed by atoms with Crippen molar-refractivity contribution in [1.29, 1.82) is 0 Å². The van der Waals surface area contributed by atoms with E-state index < -0.39 is 0 Å². The lowest BCUT2D eigenvalue weighted by atomic mass is 9.69. The molecule has 1 spiro atoms. The second kappa shape index (κ2) is 11.2. The summed E-state index contributed by atoms with van der Waals surface area (Å²) in [5.74, 6) is 0.0509. The molecule has 7 heteroatoms. The molecule has 6 nitrogen and oxygen atoms in total. The summed E-state index contributed by atoms with van der Waals surface area (Å²) in [6.07, 6.45) is 8.67. The highest BCUT2D eigenvalue weighted by Gasteiger charge is 2.47.